The van der Waals surface area contributed by atoms with Crippen molar-refractivity contribution in [1.29, 1.82) is 5.26 Å². The molecular weight excluding hydrogens is 605 g/mol. The summed E-state index contributed by atoms with van der Waals surface area (Å²) in [6.07, 6.45) is -2.28. The Morgan fingerprint density at radius 2 is 1.96 bits per heavy atom. The van der Waals surface area contributed by atoms with Crippen LogP contribution in [-0.2, 0) is 19.0 Å². The van der Waals surface area contributed by atoms with Crippen molar-refractivity contribution in [3.63, 3.8) is 0 Å². The summed E-state index contributed by atoms with van der Waals surface area (Å²) in [5.74, 6) is -2.20. The number of likely N-dealkylation sites (tertiary alicyclic amines) is 1. The second kappa shape index (κ2) is 13.3. The number of benzene rings is 1. The van der Waals surface area contributed by atoms with Gasteiger partial charge in [0.25, 0.3) is 0 Å². The maximum absolute atomic E-state index is 15.6. The van der Waals surface area contributed by atoms with Gasteiger partial charge in [0.15, 0.2) is 0 Å². The molecule has 3 heterocycles. The Kier molecular flexibility index (Phi) is 9.80. The third kappa shape index (κ3) is 6.65. The molecule has 46 heavy (non-hydrogen) atoms. The number of hydrogen-bond donors (Lipinski definition) is 1. The molecule has 1 aromatic heterocycles. The van der Waals surface area contributed by atoms with Crippen molar-refractivity contribution in [3.05, 3.63) is 52.2 Å². The van der Waals surface area contributed by atoms with Crippen LogP contribution in [0.25, 0.3) is 0 Å². The molecule has 2 saturated heterocycles. The van der Waals surface area contributed by atoms with E-state index in [2.05, 4.69) is 17.5 Å². The molecule has 0 amide bonds. The first-order valence-corrected chi connectivity index (χ1v) is 15.8. The molecule has 1 aliphatic carbocycles. The number of alkyl halides is 3. The van der Waals surface area contributed by atoms with Gasteiger partial charge in [-0.25, -0.2) is 8.78 Å². The lowest BCUT2D eigenvalue weighted by Crippen LogP contribution is -2.56. The second-order valence-electron chi connectivity index (χ2n) is 13.0. The van der Waals surface area contributed by atoms with E-state index >= 15 is 4.39 Å². The maximum atomic E-state index is 15.6. The van der Waals surface area contributed by atoms with E-state index in [1.807, 2.05) is 16.8 Å². The SMILES string of the molecule is C=C(F)C(C)N1CCN(c2nc(OC[C@@H]3CCCN3C)nc3c2C[C@H](C)[C@@H](c2c(F)c(N)cc(C)c2C(F)(F)F)C3)C[C@@H]1CC#N. The zero-order valence-corrected chi connectivity index (χ0v) is 26.8. The number of nitrogens with zero attached hydrogens (tertiary/aromatic N) is 6. The Morgan fingerprint density at radius 1 is 1.22 bits per heavy atom. The van der Waals surface area contributed by atoms with Crippen LogP contribution in [0.2, 0.25) is 0 Å². The summed E-state index contributed by atoms with van der Waals surface area (Å²) in [6.45, 7) is 10.9. The average molecular weight is 648 g/mol. The first-order valence-electron chi connectivity index (χ1n) is 15.8. The minimum absolute atomic E-state index is 0.0366. The van der Waals surface area contributed by atoms with Crippen LogP contribution in [0, 0.1) is 30.0 Å². The molecule has 1 unspecified atom stereocenters. The number of halogens is 5. The summed E-state index contributed by atoms with van der Waals surface area (Å²) < 4.78 is 79.0. The summed E-state index contributed by atoms with van der Waals surface area (Å²) in [4.78, 5) is 15.7. The monoisotopic (exact) mass is 647 g/mol. The van der Waals surface area contributed by atoms with Gasteiger partial charge >= 0.3 is 12.2 Å². The fourth-order valence-electron chi connectivity index (χ4n) is 7.43. The van der Waals surface area contributed by atoms with Crippen molar-refractivity contribution < 1.29 is 26.7 Å². The predicted octanol–water partition coefficient (Wildman–Crippen LogP) is 5.79. The van der Waals surface area contributed by atoms with Gasteiger partial charge in [0.2, 0.25) is 0 Å². The molecule has 13 heteroatoms. The number of aryl methyl sites for hydroxylation is 1. The molecular formula is C33H42F5N7O. The molecule has 250 valence electrons. The molecule has 0 bridgehead atoms. The normalized spacial score (nSPS) is 24.8. The van der Waals surface area contributed by atoms with Crippen molar-refractivity contribution in [2.24, 2.45) is 5.92 Å². The number of likely N-dealkylation sites (N-methyl/N-ethyl adjacent to an activating group) is 1. The van der Waals surface area contributed by atoms with E-state index in [1.165, 1.54) is 6.92 Å². The molecule has 1 aromatic carbocycles. The lowest BCUT2D eigenvalue weighted by Gasteiger charge is -2.44. The number of hydrogen-bond acceptors (Lipinski definition) is 8. The van der Waals surface area contributed by atoms with Crippen molar-refractivity contribution in [3.8, 4) is 12.1 Å². The number of aromatic nitrogens is 2. The van der Waals surface area contributed by atoms with Crippen LogP contribution >= 0.6 is 0 Å². The second-order valence-corrected chi connectivity index (χ2v) is 13.0. The fourth-order valence-corrected chi connectivity index (χ4v) is 7.43. The number of anilines is 2. The van der Waals surface area contributed by atoms with Crippen molar-refractivity contribution >= 4 is 11.5 Å². The number of rotatable bonds is 8. The highest BCUT2D eigenvalue weighted by atomic mass is 19.4. The Labute approximate surface area is 267 Å². The van der Waals surface area contributed by atoms with Crippen molar-refractivity contribution in [1.82, 2.24) is 19.8 Å². The minimum Gasteiger partial charge on any atom is -0.462 e. The van der Waals surface area contributed by atoms with Crippen LogP contribution in [0.5, 0.6) is 6.01 Å². The van der Waals surface area contributed by atoms with Gasteiger partial charge in [0, 0.05) is 42.8 Å². The van der Waals surface area contributed by atoms with Crippen LogP contribution in [0.15, 0.2) is 18.5 Å². The van der Waals surface area contributed by atoms with E-state index in [1.54, 1.807) is 13.8 Å². The standard InChI is InChI=1S/C33H42F5N7O/c1-18-13-25-27(15-24(18)28-29(33(36,37)38)19(2)14-26(40)30(28)35)41-32(46-17-23-7-6-10-43(23)5)42-31(25)44-11-12-45(21(4)20(3)34)22(16-44)8-9-39/h14,18,21-24H,3,6-8,10-13,15-17,40H2,1-2,4-5H3/t18-,21?,22-,23-,24-/m0/s1. The van der Waals surface area contributed by atoms with Gasteiger partial charge in [-0.05, 0) is 76.6 Å². The van der Waals surface area contributed by atoms with Crippen LogP contribution in [0.3, 0.4) is 0 Å². The highest BCUT2D eigenvalue weighted by molar-refractivity contribution is 5.56. The number of nitriles is 1. The number of piperazine rings is 1. The van der Waals surface area contributed by atoms with Gasteiger partial charge < -0.3 is 20.3 Å². The van der Waals surface area contributed by atoms with Crippen molar-refractivity contribution in [2.75, 3.05) is 50.5 Å². The van der Waals surface area contributed by atoms with Crippen molar-refractivity contribution in [2.45, 2.75) is 83.1 Å². The minimum atomic E-state index is -4.77. The first-order chi connectivity index (χ1) is 21.7. The van der Waals surface area contributed by atoms with E-state index in [0.29, 0.717) is 44.2 Å². The lowest BCUT2D eigenvalue weighted by atomic mass is 9.73. The summed E-state index contributed by atoms with van der Waals surface area (Å²) in [5.41, 5.74) is 5.26. The molecule has 2 aromatic rings. The highest BCUT2D eigenvalue weighted by Gasteiger charge is 2.43. The van der Waals surface area contributed by atoms with Gasteiger partial charge in [-0.1, -0.05) is 13.5 Å². The van der Waals surface area contributed by atoms with E-state index in [-0.39, 0.29) is 42.2 Å². The Morgan fingerprint density at radius 3 is 2.59 bits per heavy atom. The van der Waals surface area contributed by atoms with Crippen LogP contribution in [0.1, 0.15) is 67.0 Å². The van der Waals surface area contributed by atoms with Gasteiger partial charge in [-0.2, -0.15) is 28.4 Å². The summed E-state index contributed by atoms with van der Waals surface area (Å²) in [7, 11) is 2.02. The average Bonchev–Trinajstić information content (AvgIpc) is 3.40. The highest BCUT2D eigenvalue weighted by Crippen LogP contribution is 2.47. The van der Waals surface area contributed by atoms with Gasteiger partial charge in [-0.15, -0.1) is 0 Å². The molecule has 2 N–H and O–H groups in total. The largest absolute Gasteiger partial charge is 0.462 e. The number of ether oxygens (including phenoxy) is 1. The quantitative estimate of drug-likeness (QED) is 0.284. The molecule has 8 nitrogen and oxygen atoms in total. The summed E-state index contributed by atoms with van der Waals surface area (Å²) in [5, 5.41) is 9.58. The number of nitrogens with two attached hydrogens (primary N) is 1. The third-order valence-electron chi connectivity index (χ3n) is 10.0. The van der Waals surface area contributed by atoms with Gasteiger partial charge in [0.1, 0.15) is 24.1 Å². The molecule has 2 fully saturated rings. The molecule has 5 atom stereocenters. The van der Waals surface area contributed by atoms with E-state index in [4.69, 9.17) is 20.4 Å². The first kappa shape index (κ1) is 33.9. The summed E-state index contributed by atoms with van der Waals surface area (Å²) >= 11 is 0. The Hall–Kier alpha value is -3.50. The van der Waals surface area contributed by atoms with Crippen LogP contribution < -0.4 is 15.4 Å². The number of nitrogen functional groups attached to an aromatic ring is 1. The molecule has 0 saturated carbocycles. The van der Waals surface area contributed by atoms with Crippen LogP contribution in [0.4, 0.5) is 33.5 Å². The van der Waals surface area contributed by atoms with Crippen LogP contribution in [-0.4, -0.2) is 77.7 Å². The number of fused-ring (bicyclic) bond motifs is 1. The van der Waals surface area contributed by atoms with E-state index in [9.17, 15) is 22.8 Å². The van der Waals surface area contributed by atoms with Gasteiger partial charge in [-0.3, -0.25) is 4.90 Å². The maximum Gasteiger partial charge on any atom is 0.417 e. The molecule has 5 rings (SSSR count). The smallest absolute Gasteiger partial charge is 0.417 e. The Balaban J connectivity index is 1.56. The van der Waals surface area contributed by atoms with E-state index < -0.39 is 46.8 Å². The topological polar surface area (TPSA) is 94.5 Å². The zero-order valence-electron chi connectivity index (χ0n) is 26.8. The Bertz CT molecular complexity index is 1510. The molecule has 0 radical (unpaired) electrons. The fraction of sp³-hybridized carbons (Fsp3) is 0.606. The third-order valence-corrected chi connectivity index (χ3v) is 10.0. The van der Waals surface area contributed by atoms with E-state index in [0.717, 1.165) is 31.0 Å². The molecule has 3 aliphatic rings. The zero-order chi connectivity index (χ0) is 33.5. The summed E-state index contributed by atoms with van der Waals surface area (Å²) in [6, 6.07) is 2.64. The lowest BCUT2D eigenvalue weighted by molar-refractivity contribution is -0.139. The molecule has 2 aliphatic heterocycles. The van der Waals surface area contributed by atoms with Gasteiger partial charge in [0.05, 0.1) is 35.5 Å². The predicted molar refractivity (Wildman–Crippen MR) is 166 cm³/mol. The molecule has 0 spiro atoms.